The molecule has 1 atom stereocenters. The van der Waals surface area contributed by atoms with Gasteiger partial charge in [-0.05, 0) is 0 Å². The third kappa shape index (κ3) is 8.44. The molecular formula is C49H59Cl3SiTi. The van der Waals surface area contributed by atoms with Crippen molar-refractivity contribution in [3.63, 3.8) is 0 Å². The molecule has 284 valence electrons. The van der Waals surface area contributed by atoms with Crippen molar-refractivity contribution >= 4 is 27.5 Å². The molecule has 0 amide bonds. The first kappa shape index (κ1) is 46.3. The number of fused-ring (bicyclic) bond motifs is 3. The molecule has 0 saturated carbocycles. The molecule has 0 radical (unpaired) electrons. The minimum absolute atomic E-state index is 0. The van der Waals surface area contributed by atoms with Crippen LogP contribution in [0.25, 0.3) is 11.1 Å². The molecule has 0 aliphatic heterocycles. The summed E-state index contributed by atoms with van der Waals surface area (Å²) in [6, 6.07) is 40.0. The van der Waals surface area contributed by atoms with Crippen molar-refractivity contribution in [1.29, 1.82) is 0 Å². The minimum Gasteiger partial charge on any atom is -1.00 e. The Balaban J connectivity index is 0.00000261. The van der Waals surface area contributed by atoms with Crippen LogP contribution in [0.15, 0.2) is 97.1 Å². The van der Waals surface area contributed by atoms with Crippen LogP contribution in [0.5, 0.6) is 0 Å². The quantitative estimate of drug-likeness (QED) is 0.150. The summed E-state index contributed by atoms with van der Waals surface area (Å²) < 4.78 is 1.41. The van der Waals surface area contributed by atoms with E-state index in [2.05, 4.69) is 201 Å². The van der Waals surface area contributed by atoms with Gasteiger partial charge in [0.25, 0.3) is 0 Å². The Morgan fingerprint density at radius 3 is 1.06 bits per heavy atom. The smallest absolute Gasteiger partial charge is 1.00 e. The Morgan fingerprint density at radius 1 is 0.407 bits per heavy atom. The second-order valence-corrected chi connectivity index (χ2v) is 22.0. The number of benzene rings is 5. The van der Waals surface area contributed by atoms with Crippen LogP contribution in [-0.4, -0.2) is 8.07 Å². The fourth-order valence-electron chi connectivity index (χ4n) is 8.42. The largest absolute Gasteiger partial charge is 1.00 e. The van der Waals surface area contributed by atoms with E-state index < -0.39 is 8.07 Å². The van der Waals surface area contributed by atoms with Gasteiger partial charge >= 0.3 is 325 Å². The first-order valence-electron chi connectivity index (χ1n) is 19.5. The van der Waals surface area contributed by atoms with Crippen molar-refractivity contribution in [2.24, 2.45) is 0 Å². The zero-order valence-corrected chi connectivity index (χ0v) is 39.2. The molecule has 1 aliphatic rings. The molecule has 6 rings (SSSR count). The van der Waals surface area contributed by atoms with Crippen LogP contribution in [0, 0.1) is 0 Å². The summed E-state index contributed by atoms with van der Waals surface area (Å²) in [5.74, 6) is 2.59. The van der Waals surface area contributed by atoms with Crippen molar-refractivity contribution in [1.82, 2.24) is 0 Å². The van der Waals surface area contributed by atoms with Crippen molar-refractivity contribution in [3.05, 3.63) is 142 Å². The van der Waals surface area contributed by atoms with Crippen molar-refractivity contribution in [2.75, 3.05) is 0 Å². The summed E-state index contributed by atoms with van der Waals surface area (Å²) >= 11 is 2.37. The molecule has 5 heteroatoms. The van der Waals surface area contributed by atoms with Crippen LogP contribution < -0.4 is 56.6 Å². The van der Waals surface area contributed by atoms with E-state index in [-0.39, 0.29) is 42.8 Å². The van der Waals surface area contributed by atoms with E-state index in [9.17, 15) is 0 Å². The van der Waals surface area contributed by atoms with E-state index in [1.165, 1.54) is 59.5 Å². The third-order valence-electron chi connectivity index (χ3n) is 11.7. The fourth-order valence-corrected chi connectivity index (χ4v) is 15.1. The fraction of sp³-hybridized carbons (Fsp3) is 0.388. The van der Waals surface area contributed by atoms with Gasteiger partial charge in [-0.15, -0.1) is 0 Å². The predicted octanol–water partition coefficient (Wildman–Crippen LogP) is 2.43. The molecular weight excluding hydrogens is 771 g/mol. The van der Waals surface area contributed by atoms with Crippen LogP contribution in [0.1, 0.15) is 169 Å². The molecule has 0 bridgehead atoms. The molecule has 0 N–H and O–H groups in total. The molecule has 0 fully saturated rings. The Labute approximate surface area is 359 Å². The Kier molecular flexibility index (Phi) is 15.8. The van der Waals surface area contributed by atoms with Gasteiger partial charge in [-0.3, -0.25) is 0 Å². The molecule has 0 heterocycles. The first-order chi connectivity index (χ1) is 24.1. The molecule has 54 heavy (non-hydrogen) atoms. The van der Waals surface area contributed by atoms with Crippen molar-refractivity contribution in [2.45, 2.75) is 124 Å². The molecule has 0 saturated heterocycles. The van der Waals surface area contributed by atoms with Gasteiger partial charge in [-0.2, -0.15) is 0 Å². The number of rotatable bonds is 10. The molecule has 5 aromatic carbocycles. The third-order valence-corrected chi connectivity index (χ3v) is 17.4. The second-order valence-electron chi connectivity index (χ2n) is 17.2. The van der Waals surface area contributed by atoms with Crippen LogP contribution in [0.4, 0.5) is 0 Å². The number of halogens is 3. The summed E-state index contributed by atoms with van der Waals surface area (Å²) in [6.07, 6.45) is 0. The van der Waals surface area contributed by atoms with Crippen LogP contribution in [-0.2, 0) is 20.4 Å². The molecule has 1 unspecified atom stereocenters. The molecule has 0 nitrogen and oxygen atoms in total. The normalized spacial score (nSPS) is 13.7. The van der Waals surface area contributed by atoms with Gasteiger partial charge in [-0.25, -0.2) is 0 Å². The minimum atomic E-state index is -2.99. The van der Waals surface area contributed by atoms with E-state index in [1.807, 2.05) is 0 Å². The van der Waals surface area contributed by atoms with Gasteiger partial charge in [0, 0.05) is 0 Å². The summed E-state index contributed by atoms with van der Waals surface area (Å²) in [4.78, 5) is 0. The average molecular weight is 830 g/mol. The first-order valence-corrected chi connectivity index (χ1v) is 22.4. The van der Waals surface area contributed by atoms with E-state index >= 15 is 0 Å². The van der Waals surface area contributed by atoms with Crippen LogP contribution in [0.3, 0.4) is 0 Å². The van der Waals surface area contributed by atoms with Crippen LogP contribution >= 0.6 is 0 Å². The Hall–Kier alpha value is -2.10. The zero-order chi connectivity index (χ0) is 36.9. The SMILES string of the molecule is CC(C)c1cc(C(C)C)cc([Si](c2cc(C(C)C)cc(C(C)C)c2)(c2cc(C(C)C)cc(C(C)C)c2)C2c3ccccc3-c3ccc[c]([Ti+3])c32)c1.[Cl-].[Cl-].[Cl-]. The monoisotopic (exact) mass is 828 g/mol. The molecule has 1 aliphatic carbocycles. The number of hydrogen-bond acceptors (Lipinski definition) is 0. The molecule has 0 spiro atoms. The standard InChI is InChI=1S/C49H59Si.3ClH.Ti/c1-30(2)36-21-37(31(3)4)25-42(24-36)50(43-26-38(32(5)6)22-39(27-43)33(7)8,44-28-40(34(9)10)23-41(29-44)35(11)12)49-47-19-15-13-17-45(47)46-18-14-16-20-48(46)49;;;;/h13-19,21-35,49H,1-12H3;3*1H;/q;;;;+3/p-3. The summed E-state index contributed by atoms with van der Waals surface area (Å²) in [7, 11) is -2.99. The van der Waals surface area contributed by atoms with E-state index in [1.54, 1.807) is 15.6 Å². The summed E-state index contributed by atoms with van der Waals surface area (Å²) in [5, 5.41) is 4.67. The second kappa shape index (κ2) is 18.4. The topological polar surface area (TPSA) is 0 Å². The number of hydrogen-bond donors (Lipinski definition) is 0. The van der Waals surface area contributed by atoms with Gasteiger partial charge < -0.3 is 37.2 Å². The Morgan fingerprint density at radius 2 is 0.722 bits per heavy atom. The maximum atomic E-state index is 2.66. The van der Waals surface area contributed by atoms with Gasteiger partial charge in [0.2, 0.25) is 0 Å². The maximum Gasteiger partial charge on any atom is -1.00 e. The van der Waals surface area contributed by atoms with E-state index in [4.69, 9.17) is 0 Å². The van der Waals surface area contributed by atoms with Crippen molar-refractivity contribution < 1.29 is 57.7 Å². The van der Waals surface area contributed by atoms with Gasteiger partial charge in [-0.1, -0.05) is 0 Å². The van der Waals surface area contributed by atoms with Crippen LogP contribution in [0.2, 0.25) is 0 Å². The van der Waals surface area contributed by atoms with E-state index in [0.717, 1.165) is 0 Å². The van der Waals surface area contributed by atoms with Gasteiger partial charge in [0.1, 0.15) is 0 Å². The average Bonchev–Trinajstić information content (AvgIpc) is 3.44. The summed E-state index contributed by atoms with van der Waals surface area (Å²) in [5.41, 5.74) is 14.8. The Bertz CT molecular complexity index is 1830. The van der Waals surface area contributed by atoms with Crippen molar-refractivity contribution in [3.8, 4) is 11.1 Å². The van der Waals surface area contributed by atoms with Gasteiger partial charge in [0.05, 0.1) is 0 Å². The van der Waals surface area contributed by atoms with E-state index in [0.29, 0.717) is 35.5 Å². The maximum absolute atomic E-state index is 2.99. The summed E-state index contributed by atoms with van der Waals surface area (Å²) in [6.45, 7) is 28.5. The molecule has 0 aromatic heterocycles. The predicted molar refractivity (Wildman–Crippen MR) is 222 cm³/mol. The van der Waals surface area contributed by atoms with Gasteiger partial charge in [0.15, 0.2) is 0 Å². The zero-order valence-electron chi connectivity index (χ0n) is 34.4. The molecule has 5 aromatic rings.